The number of Topliss-reactive ketones (excluding diaryl/α,β-unsaturated/α-hetero) is 1. The summed E-state index contributed by atoms with van der Waals surface area (Å²) >= 11 is 0. The molecular formula is C57H72F2N4O5. The van der Waals surface area contributed by atoms with Crippen LogP contribution in [0.1, 0.15) is 107 Å². The number of fused-ring (bicyclic) bond motifs is 2. The number of hydrogen-bond donors (Lipinski definition) is 1. The predicted octanol–water partition coefficient (Wildman–Crippen LogP) is 12.1. The molecule has 3 heterocycles. The van der Waals surface area contributed by atoms with Crippen LogP contribution >= 0.6 is 0 Å². The SMILES string of the molecule is C.CCOc1cc(CN2CC[C@H]3C(CC(=O)c4cncc(C)c4)CC[C@H]32)cc(OCC)c1-c1ccc(F)cc1.CCOc1cc(CN2CC[C@H]3C(N)CC[C@H]32)cc(OCC)c1-c1ccc(F)cc1. The lowest BCUT2D eigenvalue weighted by atomic mass is 9.87. The van der Waals surface area contributed by atoms with E-state index in [1.54, 1.807) is 36.7 Å². The van der Waals surface area contributed by atoms with Crippen molar-refractivity contribution in [3.8, 4) is 45.3 Å². The number of aromatic nitrogens is 1. The minimum atomic E-state index is -0.267. The molecule has 2 aliphatic heterocycles. The third kappa shape index (κ3) is 11.6. The molecule has 0 amide bonds. The van der Waals surface area contributed by atoms with Gasteiger partial charge in [0, 0.05) is 55.6 Å². The van der Waals surface area contributed by atoms with E-state index in [0.29, 0.717) is 68.7 Å². The molecule has 11 heteroatoms. The van der Waals surface area contributed by atoms with Gasteiger partial charge in [0.25, 0.3) is 0 Å². The largest absolute Gasteiger partial charge is 0.493 e. The summed E-state index contributed by atoms with van der Waals surface area (Å²) in [5.41, 5.74) is 13.9. The summed E-state index contributed by atoms with van der Waals surface area (Å²) < 4.78 is 51.2. The Morgan fingerprint density at radius 1 is 0.618 bits per heavy atom. The Kier molecular flexibility index (Phi) is 17.3. The van der Waals surface area contributed by atoms with Gasteiger partial charge < -0.3 is 24.7 Å². The number of likely N-dealkylation sites (tertiary alicyclic amines) is 2. The van der Waals surface area contributed by atoms with Crippen molar-refractivity contribution in [1.29, 1.82) is 0 Å². The maximum absolute atomic E-state index is 13.6. The van der Waals surface area contributed by atoms with Crippen LogP contribution in [0.2, 0.25) is 0 Å². The molecule has 9 nitrogen and oxygen atoms in total. The molecule has 0 radical (unpaired) electrons. The molecular weight excluding hydrogens is 859 g/mol. The van der Waals surface area contributed by atoms with E-state index < -0.39 is 0 Å². The van der Waals surface area contributed by atoms with Gasteiger partial charge in [-0.3, -0.25) is 19.6 Å². The summed E-state index contributed by atoms with van der Waals surface area (Å²) in [5, 5.41) is 0. The second-order valence-corrected chi connectivity index (χ2v) is 18.6. The fourth-order valence-corrected chi connectivity index (χ4v) is 11.4. The molecule has 2 aliphatic carbocycles. The van der Waals surface area contributed by atoms with Gasteiger partial charge in [0.2, 0.25) is 0 Å². The van der Waals surface area contributed by atoms with E-state index >= 15 is 0 Å². The molecule has 5 aromatic rings. The number of hydrogen-bond acceptors (Lipinski definition) is 9. The molecule has 4 aliphatic rings. The maximum atomic E-state index is 13.6. The second kappa shape index (κ2) is 23.3. The maximum Gasteiger partial charge on any atom is 0.164 e. The van der Waals surface area contributed by atoms with E-state index in [0.717, 1.165) is 114 Å². The van der Waals surface area contributed by atoms with Crippen LogP contribution in [0.4, 0.5) is 8.78 Å². The smallest absolute Gasteiger partial charge is 0.164 e. The van der Waals surface area contributed by atoms with Crippen LogP contribution in [0, 0.1) is 36.3 Å². The van der Waals surface area contributed by atoms with Crippen LogP contribution in [-0.2, 0) is 13.1 Å². The molecule has 0 bridgehead atoms. The van der Waals surface area contributed by atoms with Crippen LogP contribution in [0.3, 0.4) is 0 Å². The highest BCUT2D eigenvalue weighted by atomic mass is 19.1. The number of ether oxygens (including phenoxy) is 4. The van der Waals surface area contributed by atoms with E-state index in [2.05, 4.69) is 39.0 Å². The van der Waals surface area contributed by atoms with Crippen LogP contribution in [0.25, 0.3) is 22.3 Å². The number of halogens is 2. The number of aryl methyl sites for hydroxylation is 1. The third-order valence-electron chi connectivity index (χ3n) is 14.3. The molecule has 9 rings (SSSR count). The number of nitrogens with zero attached hydrogens (tertiary/aromatic N) is 3. The summed E-state index contributed by atoms with van der Waals surface area (Å²) in [4.78, 5) is 22.3. The van der Waals surface area contributed by atoms with Crippen molar-refractivity contribution in [2.45, 2.75) is 118 Å². The number of nitrogens with two attached hydrogens (primary N) is 1. The zero-order chi connectivity index (χ0) is 47.0. The summed E-state index contributed by atoms with van der Waals surface area (Å²) in [5.74, 6) is 4.41. The predicted molar refractivity (Wildman–Crippen MR) is 268 cm³/mol. The van der Waals surface area contributed by atoms with Gasteiger partial charge in [-0.15, -0.1) is 0 Å². The summed E-state index contributed by atoms with van der Waals surface area (Å²) in [6, 6.07) is 24.8. The first-order chi connectivity index (χ1) is 32.6. The zero-order valence-electron chi connectivity index (χ0n) is 39.9. The van der Waals surface area contributed by atoms with E-state index in [4.69, 9.17) is 24.7 Å². The van der Waals surface area contributed by atoms with Gasteiger partial charge >= 0.3 is 0 Å². The van der Waals surface area contributed by atoms with Crippen LogP contribution in [0.5, 0.6) is 23.0 Å². The molecule has 364 valence electrons. The van der Waals surface area contributed by atoms with Crippen molar-refractivity contribution < 1.29 is 32.5 Å². The lowest BCUT2D eigenvalue weighted by Gasteiger charge is -2.25. The number of rotatable bonds is 17. The van der Waals surface area contributed by atoms with Crippen molar-refractivity contribution in [3.63, 3.8) is 0 Å². The van der Waals surface area contributed by atoms with E-state index in [-0.39, 0.29) is 24.8 Å². The van der Waals surface area contributed by atoms with E-state index in [1.165, 1.54) is 42.7 Å². The first-order valence-electron chi connectivity index (χ1n) is 24.6. The fourth-order valence-electron chi connectivity index (χ4n) is 11.4. The molecule has 4 fully saturated rings. The quantitative estimate of drug-likeness (QED) is 0.0914. The number of carbonyl (C=O) groups is 1. The van der Waals surface area contributed by atoms with Crippen molar-refractivity contribution in [1.82, 2.24) is 14.8 Å². The van der Waals surface area contributed by atoms with E-state index in [9.17, 15) is 13.6 Å². The summed E-state index contributed by atoms with van der Waals surface area (Å²) in [7, 11) is 0. The second-order valence-electron chi connectivity index (χ2n) is 18.6. The van der Waals surface area contributed by atoms with Crippen LogP contribution in [-0.4, -0.2) is 78.2 Å². The Bertz CT molecular complexity index is 2390. The number of carbonyl (C=O) groups excluding carboxylic acids is 1. The highest BCUT2D eigenvalue weighted by Gasteiger charge is 2.44. The van der Waals surface area contributed by atoms with E-state index in [1.807, 2.05) is 40.7 Å². The van der Waals surface area contributed by atoms with Gasteiger partial charge in [-0.2, -0.15) is 0 Å². The molecule has 1 aromatic heterocycles. The monoisotopic (exact) mass is 931 g/mol. The first-order valence-corrected chi connectivity index (χ1v) is 24.6. The van der Waals surface area contributed by atoms with Crippen molar-refractivity contribution in [2.24, 2.45) is 23.5 Å². The lowest BCUT2D eigenvalue weighted by molar-refractivity contribution is 0.0948. The highest BCUT2D eigenvalue weighted by Crippen LogP contribution is 2.47. The molecule has 2 saturated heterocycles. The average molecular weight is 931 g/mol. The Labute approximate surface area is 403 Å². The minimum absolute atomic E-state index is 0. The molecule has 68 heavy (non-hydrogen) atoms. The molecule has 2 saturated carbocycles. The summed E-state index contributed by atoms with van der Waals surface area (Å²) in [6.07, 6.45) is 10.9. The third-order valence-corrected chi connectivity index (χ3v) is 14.3. The van der Waals surface area contributed by atoms with Crippen LogP contribution in [0.15, 0.2) is 91.3 Å². The van der Waals surface area contributed by atoms with Gasteiger partial charge in [-0.25, -0.2) is 8.78 Å². The topological polar surface area (TPSA) is 99.4 Å². The number of ketones is 1. The molecule has 2 unspecified atom stereocenters. The normalized spacial score (nSPS) is 21.9. The Hall–Kier alpha value is -5.36. The molecule has 4 aromatic carbocycles. The first kappa shape index (κ1) is 50.5. The van der Waals surface area contributed by atoms with Crippen molar-refractivity contribution in [3.05, 3.63) is 125 Å². The number of pyridine rings is 1. The fraction of sp³-hybridized carbons (Fsp3) is 0.474. The highest BCUT2D eigenvalue weighted by molar-refractivity contribution is 5.96. The lowest BCUT2D eigenvalue weighted by Crippen LogP contribution is -2.32. The zero-order valence-corrected chi connectivity index (χ0v) is 39.9. The van der Waals surface area contributed by atoms with Gasteiger partial charge in [0.1, 0.15) is 34.6 Å². The minimum Gasteiger partial charge on any atom is -0.493 e. The van der Waals surface area contributed by atoms with Crippen LogP contribution < -0.4 is 24.7 Å². The van der Waals surface area contributed by atoms with Gasteiger partial charge in [0.15, 0.2) is 5.78 Å². The number of benzene rings is 4. The Balaban J connectivity index is 0.000000205. The van der Waals surface area contributed by atoms with Gasteiger partial charge in [-0.1, -0.05) is 31.7 Å². The average Bonchev–Trinajstić information content (AvgIpc) is 4.11. The molecule has 6 atom stereocenters. The van der Waals surface area contributed by atoms with Crippen molar-refractivity contribution >= 4 is 5.78 Å². The molecule has 0 spiro atoms. The Morgan fingerprint density at radius 3 is 1.51 bits per heavy atom. The van der Waals surface area contributed by atoms with Crippen molar-refractivity contribution in [2.75, 3.05) is 39.5 Å². The summed E-state index contributed by atoms with van der Waals surface area (Å²) in [6.45, 7) is 15.9. The molecule has 2 N–H and O–H groups in total. The standard InChI is InChI=1S/C32H37FN2O3.C24H31FN2O2.CH4/c1-4-37-30-15-22(16-31(38-5-2)32(30)23-6-9-26(33)10-7-23)20-35-13-12-27-24(8-11-28(27)35)17-29(36)25-14-21(3)18-34-19-25;1-3-28-22-13-16(15-27-12-11-19-20(26)9-10-21(19)27)14-23(29-4-2)24(22)17-5-7-18(25)8-6-17;/h6-7,9-10,14-16,18-19,24,27-28H,4-5,8,11-13,17,20H2,1-3H3;5-8,13-14,19-21H,3-4,9-12,15,26H2,1-2H3;1H4/t24?,27-,28+;19-,20?,21+;/m00./s1. The van der Waals surface area contributed by atoms with Gasteiger partial charge in [0.05, 0.1) is 37.6 Å². The van der Waals surface area contributed by atoms with Gasteiger partial charge in [-0.05, 0) is 186 Å². The Morgan fingerprint density at radius 2 is 1.06 bits per heavy atom.